The topological polar surface area (TPSA) is 50.3 Å². The molecule has 1 saturated heterocycles. The summed E-state index contributed by atoms with van der Waals surface area (Å²) in [5.41, 5.74) is 0.0996. The Morgan fingerprint density at radius 2 is 2.00 bits per heavy atom. The molecule has 0 atom stereocenters. The van der Waals surface area contributed by atoms with Crippen molar-refractivity contribution in [1.29, 1.82) is 0 Å². The maximum Gasteiger partial charge on any atom is 0.294 e. The van der Waals surface area contributed by atoms with Gasteiger partial charge < -0.3 is 10.1 Å². The molecule has 1 aliphatic heterocycles. The highest BCUT2D eigenvalue weighted by atomic mass is 32.1. The molecule has 0 radical (unpaired) electrons. The van der Waals surface area contributed by atoms with Gasteiger partial charge in [0, 0.05) is 12.1 Å². The van der Waals surface area contributed by atoms with Gasteiger partial charge in [-0.2, -0.15) is 0 Å². The molecule has 1 aromatic rings. The fraction of sp³-hybridized carbons (Fsp3) is 0.846. The van der Waals surface area contributed by atoms with Crippen LogP contribution < -0.4 is 10.1 Å². The summed E-state index contributed by atoms with van der Waals surface area (Å²) in [4.78, 5) is 2.43. The fourth-order valence-corrected chi connectivity index (χ4v) is 2.63. The van der Waals surface area contributed by atoms with E-state index in [-0.39, 0.29) is 5.54 Å². The van der Waals surface area contributed by atoms with E-state index in [9.17, 15) is 0 Å². The number of nitrogens with one attached hydrogen (secondary N) is 1. The second kappa shape index (κ2) is 6.63. The quantitative estimate of drug-likeness (QED) is 0.864. The summed E-state index contributed by atoms with van der Waals surface area (Å²) < 4.78 is 5.66. The molecule has 1 aliphatic rings. The molecular formula is C13H24N4OS. The molecule has 0 aromatic carbocycles. The molecule has 1 aromatic heterocycles. The Labute approximate surface area is 119 Å². The lowest BCUT2D eigenvalue weighted by Gasteiger charge is -2.19. The van der Waals surface area contributed by atoms with Crippen molar-refractivity contribution >= 4 is 11.3 Å². The molecule has 5 nitrogen and oxygen atoms in total. The third-order valence-electron chi connectivity index (χ3n) is 3.05. The SMILES string of the molecule is CC(C)(C)NCc1nnc(OCCN2CCCC2)s1. The van der Waals surface area contributed by atoms with Gasteiger partial charge in [0.15, 0.2) is 0 Å². The largest absolute Gasteiger partial charge is 0.468 e. The summed E-state index contributed by atoms with van der Waals surface area (Å²) in [6.45, 7) is 11.3. The smallest absolute Gasteiger partial charge is 0.294 e. The fourth-order valence-electron chi connectivity index (χ4n) is 1.98. The molecule has 0 amide bonds. The lowest BCUT2D eigenvalue weighted by Crippen LogP contribution is -2.35. The van der Waals surface area contributed by atoms with Crippen molar-refractivity contribution in [3.63, 3.8) is 0 Å². The molecule has 0 unspecified atom stereocenters. The number of hydrogen-bond donors (Lipinski definition) is 1. The lowest BCUT2D eigenvalue weighted by atomic mass is 10.1. The van der Waals surface area contributed by atoms with Gasteiger partial charge in [0.25, 0.3) is 5.19 Å². The first-order valence-electron chi connectivity index (χ1n) is 6.95. The van der Waals surface area contributed by atoms with Gasteiger partial charge in [-0.1, -0.05) is 11.3 Å². The van der Waals surface area contributed by atoms with Gasteiger partial charge in [-0.15, -0.1) is 10.2 Å². The van der Waals surface area contributed by atoms with Crippen molar-refractivity contribution in [3.05, 3.63) is 5.01 Å². The predicted octanol–water partition coefficient (Wildman–Crippen LogP) is 1.90. The van der Waals surface area contributed by atoms with Crippen molar-refractivity contribution in [1.82, 2.24) is 20.4 Å². The molecule has 2 rings (SSSR count). The van der Waals surface area contributed by atoms with Crippen LogP contribution in [0.1, 0.15) is 38.6 Å². The van der Waals surface area contributed by atoms with Gasteiger partial charge >= 0.3 is 0 Å². The van der Waals surface area contributed by atoms with Crippen LogP contribution in [0, 0.1) is 0 Å². The van der Waals surface area contributed by atoms with Gasteiger partial charge in [0.05, 0.1) is 6.54 Å². The first-order chi connectivity index (χ1) is 9.03. The number of nitrogens with zero attached hydrogens (tertiary/aromatic N) is 3. The van der Waals surface area contributed by atoms with Crippen LogP contribution in [0.5, 0.6) is 5.19 Å². The van der Waals surface area contributed by atoms with Crippen LogP contribution in [0.15, 0.2) is 0 Å². The molecular weight excluding hydrogens is 260 g/mol. The van der Waals surface area contributed by atoms with Gasteiger partial charge in [-0.3, -0.25) is 4.90 Å². The Balaban J connectivity index is 1.68. The number of likely N-dealkylation sites (tertiary alicyclic amines) is 1. The highest BCUT2D eigenvalue weighted by Crippen LogP contribution is 2.18. The zero-order chi connectivity index (χ0) is 13.7. The van der Waals surface area contributed by atoms with E-state index in [0.29, 0.717) is 11.8 Å². The summed E-state index contributed by atoms with van der Waals surface area (Å²) in [6, 6.07) is 0. The van der Waals surface area contributed by atoms with Crippen molar-refractivity contribution in [2.45, 2.75) is 45.7 Å². The summed E-state index contributed by atoms with van der Waals surface area (Å²) in [5.74, 6) is 0. The summed E-state index contributed by atoms with van der Waals surface area (Å²) in [5, 5.41) is 13.3. The second-order valence-corrected chi connectivity index (χ2v) is 6.99. The van der Waals surface area contributed by atoms with Crippen LogP contribution in [-0.2, 0) is 6.54 Å². The van der Waals surface area contributed by atoms with E-state index in [0.717, 1.165) is 18.1 Å². The summed E-state index contributed by atoms with van der Waals surface area (Å²) in [6.07, 6.45) is 2.64. The van der Waals surface area contributed by atoms with E-state index < -0.39 is 0 Å². The Bertz CT molecular complexity index is 382. The van der Waals surface area contributed by atoms with Crippen molar-refractivity contribution in [2.24, 2.45) is 0 Å². The highest BCUT2D eigenvalue weighted by Gasteiger charge is 2.13. The Hall–Kier alpha value is -0.720. The summed E-state index contributed by atoms with van der Waals surface area (Å²) >= 11 is 1.53. The minimum atomic E-state index is 0.0996. The zero-order valence-electron chi connectivity index (χ0n) is 12.1. The van der Waals surface area contributed by atoms with E-state index in [1.165, 1.54) is 37.3 Å². The molecule has 2 heterocycles. The van der Waals surface area contributed by atoms with Crippen LogP contribution >= 0.6 is 11.3 Å². The predicted molar refractivity (Wildman–Crippen MR) is 77.7 cm³/mol. The van der Waals surface area contributed by atoms with Crippen LogP contribution in [0.2, 0.25) is 0 Å². The van der Waals surface area contributed by atoms with Crippen LogP contribution in [-0.4, -0.2) is 46.9 Å². The van der Waals surface area contributed by atoms with Gasteiger partial charge in [0.1, 0.15) is 11.6 Å². The van der Waals surface area contributed by atoms with E-state index in [2.05, 4.69) is 41.2 Å². The van der Waals surface area contributed by atoms with Gasteiger partial charge in [-0.05, 0) is 46.7 Å². The Kier molecular flexibility index (Phi) is 5.13. The minimum absolute atomic E-state index is 0.0996. The van der Waals surface area contributed by atoms with Gasteiger partial charge in [0.2, 0.25) is 0 Å². The van der Waals surface area contributed by atoms with Crippen molar-refractivity contribution in [3.8, 4) is 5.19 Å². The molecule has 0 aliphatic carbocycles. The molecule has 108 valence electrons. The maximum absolute atomic E-state index is 5.66. The molecule has 0 saturated carbocycles. The zero-order valence-corrected chi connectivity index (χ0v) is 12.9. The molecule has 0 bridgehead atoms. The minimum Gasteiger partial charge on any atom is -0.468 e. The first-order valence-corrected chi connectivity index (χ1v) is 7.77. The summed E-state index contributed by atoms with van der Waals surface area (Å²) in [7, 11) is 0. The average molecular weight is 284 g/mol. The van der Waals surface area contributed by atoms with E-state index >= 15 is 0 Å². The maximum atomic E-state index is 5.66. The molecule has 19 heavy (non-hydrogen) atoms. The van der Waals surface area contributed by atoms with Gasteiger partial charge in [-0.25, -0.2) is 0 Å². The number of rotatable bonds is 6. The number of aromatic nitrogens is 2. The van der Waals surface area contributed by atoms with Crippen LogP contribution in [0.4, 0.5) is 0 Å². The number of ether oxygens (including phenoxy) is 1. The third kappa shape index (κ3) is 5.42. The monoisotopic (exact) mass is 284 g/mol. The normalized spacial score (nSPS) is 17.0. The first kappa shape index (κ1) is 14.7. The van der Waals surface area contributed by atoms with E-state index in [1.807, 2.05) is 0 Å². The Morgan fingerprint density at radius 3 is 2.68 bits per heavy atom. The standard InChI is InChI=1S/C13H24N4OS/c1-13(2,3)14-10-11-15-16-12(19-11)18-9-8-17-6-4-5-7-17/h14H,4-10H2,1-3H3. The second-order valence-electron chi connectivity index (χ2n) is 5.96. The molecule has 6 heteroatoms. The van der Waals surface area contributed by atoms with E-state index in [1.54, 1.807) is 0 Å². The number of hydrogen-bond acceptors (Lipinski definition) is 6. The van der Waals surface area contributed by atoms with Crippen molar-refractivity contribution < 1.29 is 4.74 Å². The molecule has 1 N–H and O–H groups in total. The highest BCUT2D eigenvalue weighted by molar-refractivity contribution is 7.13. The average Bonchev–Trinajstić information content (AvgIpc) is 2.97. The van der Waals surface area contributed by atoms with Crippen LogP contribution in [0.25, 0.3) is 0 Å². The Morgan fingerprint density at radius 1 is 1.26 bits per heavy atom. The third-order valence-corrected chi connectivity index (χ3v) is 3.89. The lowest BCUT2D eigenvalue weighted by molar-refractivity contribution is 0.236. The van der Waals surface area contributed by atoms with E-state index in [4.69, 9.17) is 4.74 Å². The van der Waals surface area contributed by atoms with Crippen molar-refractivity contribution in [2.75, 3.05) is 26.2 Å². The molecule has 0 spiro atoms. The van der Waals surface area contributed by atoms with Crippen LogP contribution in [0.3, 0.4) is 0 Å². The molecule has 1 fully saturated rings.